The van der Waals surface area contributed by atoms with Crippen LogP contribution in [0.15, 0.2) is 18.2 Å². The Labute approximate surface area is 107 Å². The van der Waals surface area contributed by atoms with Gasteiger partial charge in [-0.3, -0.25) is 0 Å². The molecule has 0 unspecified atom stereocenters. The van der Waals surface area contributed by atoms with Gasteiger partial charge in [0.2, 0.25) is 0 Å². The second-order valence-corrected chi connectivity index (χ2v) is 4.74. The predicted molar refractivity (Wildman–Crippen MR) is 70.1 cm³/mol. The molecule has 0 aromatic heterocycles. The average molecular weight is 247 g/mol. The lowest BCUT2D eigenvalue weighted by atomic mass is 10.1. The molecule has 0 bridgehead atoms. The second kappa shape index (κ2) is 5.83. The standard InChI is InChI=1S/C14H18FN3/c1-17(8-9-18-6-2-3-7-18)14-5-4-13(15)10-12(14)11-16/h4-5,10H,2-3,6-9H2,1H3. The predicted octanol–water partition coefficient (Wildman–Crippen LogP) is 2.23. The smallest absolute Gasteiger partial charge is 0.124 e. The van der Waals surface area contributed by atoms with Crippen molar-refractivity contribution < 1.29 is 4.39 Å². The maximum Gasteiger partial charge on any atom is 0.124 e. The fourth-order valence-corrected chi connectivity index (χ4v) is 2.35. The highest BCUT2D eigenvalue weighted by molar-refractivity contribution is 5.58. The van der Waals surface area contributed by atoms with E-state index in [0.29, 0.717) is 5.56 Å². The second-order valence-electron chi connectivity index (χ2n) is 4.74. The summed E-state index contributed by atoms with van der Waals surface area (Å²) in [5, 5.41) is 9.02. The zero-order valence-electron chi connectivity index (χ0n) is 10.7. The number of hydrogen-bond acceptors (Lipinski definition) is 3. The molecule has 96 valence electrons. The maximum atomic E-state index is 13.1. The van der Waals surface area contributed by atoms with Gasteiger partial charge in [0.05, 0.1) is 11.3 Å². The van der Waals surface area contributed by atoms with E-state index < -0.39 is 0 Å². The highest BCUT2D eigenvalue weighted by atomic mass is 19.1. The van der Waals surface area contributed by atoms with E-state index in [2.05, 4.69) is 4.90 Å². The lowest BCUT2D eigenvalue weighted by Gasteiger charge is -2.23. The van der Waals surface area contributed by atoms with Crippen LogP contribution < -0.4 is 4.90 Å². The molecule has 0 saturated carbocycles. The van der Waals surface area contributed by atoms with Crippen LogP contribution in [-0.2, 0) is 0 Å². The first-order valence-corrected chi connectivity index (χ1v) is 6.34. The Morgan fingerprint density at radius 3 is 2.78 bits per heavy atom. The molecule has 0 aliphatic carbocycles. The Hall–Kier alpha value is -1.60. The number of anilines is 1. The van der Waals surface area contributed by atoms with E-state index in [1.165, 1.54) is 38.1 Å². The van der Waals surface area contributed by atoms with E-state index >= 15 is 0 Å². The molecule has 18 heavy (non-hydrogen) atoms. The number of likely N-dealkylation sites (tertiary alicyclic amines) is 1. The van der Waals surface area contributed by atoms with Crippen molar-refractivity contribution in [1.29, 1.82) is 5.26 Å². The average Bonchev–Trinajstić information content (AvgIpc) is 2.88. The van der Waals surface area contributed by atoms with Crippen LogP contribution in [0, 0.1) is 17.1 Å². The molecule has 1 saturated heterocycles. The molecule has 2 rings (SSSR count). The fraction of sp³-hybridized carbons (Fsp3) is 0.500. The van der Waals surface area contributed by atoms with Gasteiger partial charge >= 0.3 is 0 Å². The molecule has 0 spiro atoms. The molecular formula is C14H18FN3. The van der Waals surface area contributed by atoms with Crippen LogP contribution in [0.3, 0.4) is 0 Å². The van der Waals surface area contributed by atoms with Crippen molar-refractivity contribution in [2.45, 2.75) is 12.8 Å². The van der Waals surface area contributed by atoms with Gasteiger partial charge in [-0.05, 0) is 44.1 Å². The first-order chi connectivity index (χ1) is 8.70. The van der Waals surface area contributed by atoms with E-state index in [4.69, 9.17) is 5.26 Å². The van der Waals surface area contributed by atoms with Crippen LogP contribution in [0.1, 0.15) is 18.4 Å². The molecule has 1 aromatic carbocycles. The van der Waals surface area contributed by atoms with Gasteiger partial charge < -0.3 is 9.80 Å². The topological polar surface area (TPSA) is 30.3 Å². The molecular weight excluding hydrogens is 229 g/mol. The van der Waals surface area contributed by atoms with Crippen LogP contribution in [0.2, 0.25) is 0 Å². The Balaban J connectivity index is 1.99. The normalized spacial score (nSPS) is 15.6. The highest BCUT2D eigenvalue weighted by Crippen LogP contribution is 2.20. The maximum absolute atomic E-state index is 13.1. The van der Waals surface area contributed by atoms with Gasteiger partial charge in [0, 0.05) is 20.1 Å². The minimum atomic E-state index is -0.358. The Morgan fingerprint density at radius 2 is 2.11 bits per heavy atom. The van der Waals surface area contributed by atoms with Crippen molar-refractivity contribution in [2.24, 2.45) is 0 Å². The number of hydrogen-bond donors (Lipinski definition) is 0. The van der Waals surface area contributed by atoms with Gasteiger partial charge in [0.1, 0.15) is 11.9 Å². The molecule has 0 N–H and O–H groups in total. The van der Waals surface area contributed by atoms with Crippen LogP contribution in [-0.4, -0.2) is 38.1 Å². The van der Waals surface area contributed by atoms with Gasteiger partial charge in [0.15, 0.2) is 0 Å². The Morgan fingerprint density at radius 1 is 1.39 bits per heavy atom. The number of likely N-dealkylation sites (N-methyl/N-ethyl adjacent to an activating group) is 1. The molecule has 0 amide bonds. The van der Waals surface area contributed by atoms with E-state index in [-0.39, 0.29) is 5.82 Å². The van der Waals surface area contributed by atoms with Gasteiger partial charge in [-0.25, -0.2) is 4.39 Å². The molecule has 1 fully saturated rings. The molecule has 0 atom stereocenters. The number of halogens is 1. The van der Waals surface area contributed by atoms with Gasteiger partial charge in [-0.15, -0.1) is 0 Å². The van der Waals surface area contributed by atoms with Crippen molar-refractivity contribution in [3.8, 4) is 6.07 Å². The van der Waals surface area contributed by atoms with Gasteiger partial charge in [0.25, 0.3) is 0 Å². The van der Waals surface area contributed by atoms with Gasteiger partial charge in [-0.1, -0.05) is 0 Å². The third-order valence-electron chi connectivity index (χ3n) is 3.44. The van der Waals surface area contributed by atoms with Crippen molar-refractivity contribution in [2.75, 3.05) is 38.1 Å². The number of nitriles is 1. The SMILES string of the molecule is CN(CCN1CCCC1)c1ccc(F)cc1C#N. The number of nitrogens with zero attached hydrogens (tertiary/aromatic N) is 3. The summed E-state index contributed by atoms with van der Waals surface area (Å²) < 4.78 is 13.1. The van der Waals surface area contributed by atoms with Crippen LogP contribution in [0.25, 0.3) is 0 Å². The number of rotatable bonds is 4. The van der Waals surface area contributed by atoms with Crippen LogP contribution in [0.4, 0.5) is 10.1 Å². The van der Waals surface area contributed by atoms with E-state index in [9.17, 15) is 4.39 Å². The van der Waals surface area contributed by atoms with Crippen LogP contribution in [0.5, 0.6) is 0 Å². The van der Waals surface area contributed by atoms with Crippen molar-refractivity contribution in [1.82, 2.24) is 4.90 Å². The third-order valence-corrected chi connectivity index (χ3v) is 3.44. The number of benzene rings is 1. The van der Waals surface area contributed by atoms with E-state index in [0.717, 1.165) is 18.8 Å². The van der Waals surface area contributed by atoms with Crippen molar-refractivity contribution >= 4 is 5.69 Å². The fourth-order valence-electron chi connectivity index (χ4n) is 2.35. The van der Waals surface area contributed by atoms with Crippen LogP contribution >= 0.6 is 0 Å². The summed E-state index contributed by atoms with van der Waals surface area (Å²) in [5.74, 6) is -0.358. The molecule has 1 heterocycles. The Bertz CT molecular complexity index is 447. The quantitative estimate of drug-likeness (QED) is 0.817. The van der Waals surface area contributed by atoms with Crippen molar-refractivity contribution in [3.63, 3.8) is 0 Å². The summed E-state index contributed by atoms with van der Waals surface area (Å²) in [4.78, 5) is 4.45. The summed E-state index contributed by atoms with van der Waals surface area (Å²) >= 11 is 0. The van der Waals surface area contributed by atoms with Gasteiger partial charge in [-0.2, -0.15) is 5.26 Å². The minimum Gasteiger partial charge on any atom is -0.372 e. The third kappa shape index (κ3) is 2.99. The molecule has 4 heteroatoms. The first kappa shape index (κ1) is 12.8. The summed E-state index contributed by atoms with van der Waals surface area (Å²) in [6.45, 7) is 4.20. The first-order valence-electron chi connectivity index (χ1n) is 6.34. The van der Waals surface area contributed by atoms with E-state index in [1.54, 1.807) is 6.07 Å². The molecule has 0 radical (unpaired) electrons. The summed E-state index contributed by atoms with van der Waals surface area (Å²) in [5.41, 5.74) is 1.21. The zero-order chi connectivity index (χ0) is 13.0. The Kier molecular flexibility index (Phi) is 4.16. The highest BCUT2D eigenvalue weighted by Gasteiger charge is 2.13. The largest absolute Gasteiger partial charge is 0.372 e. The molecule has 1 aliphatic rings. The summed E-state index contributed by atoms with van der Waals surface area (Å²) in [7, 11) is 1.95. The molecule has 1 aliphatic heterocycles. The molecule has 1 aromatic rings. The monoisotopic (exact) mass is 247 g/mol. The molecule has 3 nitrogen and oxygen atoms in total. The minimum absolute atomic E-state index is 0.358. The lowest BCUT2D eigenvalue weighted by molar-refractivity contribution is 0.346. The van der Waals surface area contributed by atoms with Crippen molar-refractivity contribution in [3.05, 3.63) is 29.6 Å². The summed E-state index contributed by atoms with van der Waals surface area (Å²) in [6, 6.07) is 6.43. The zero-order valence-corrected chi connectivity index (χ0v) is 10.7. The summed E-state index contributed by atoms with van der Waals surface area (Å²) in [6.07, 6.45) is 2.56. The van der Waals surface area contributed by atoms with E-state index in [1.807, 2.05) is 18.0 Å². The lowest BCUT2D eigenvalue weighted by Crippen LogP contribution is -2.31.